The van der Waals surface area contributed by atoms with Gasteiger partial charge in [0.25, 0.3) is 0 Å². The van der Waals surface area contributed by atoms with Gasteiger partial charge in [0, 0.05) is 6.54 Å². The standard InChI is InChI=1S/C18H21FN2O3/c1-2-23-16-9-5-6-10-17(16)24-13-21-18(22)20-12-11-14-7-3-4-8-15(14)19/h3-10H,2,11-13H2,1H3,(H2,20,21,22). The van der Waals surface area contributed by atoms with Crippen LogP contribution in [0.25, 0.3) is 0 Å². The predicted molar refractivity (Wildman–Crippen MR) is 89.7 cm³/mol. The van der Waals surface area contributed by atoms with Gasteiger partial charge in [-0.15, -0.1) is 0 Å². The van der Waals surface area contributed by atoms with Gasteiger partial charge in [-0.05, 0) is 37.1 Å². The van der Waals surface area contributed by atoms with Gasteiger partial charge < -0.3 is 20.1 Å². The topological polar surface area (TPSA) is 59.6 Å². The van der Waals surface area contributed by atoms with Crippen LogP contribution >= 0.6 is 0 Å². The number of ether oxygens (including phenoxy) is 2. The highest BCUT2D eigenvalue weighted by atomic mass is 19.1. The van der Waals surface area contributed by atoms with Crippen LogP contribution in [0.1, 0.15) is 12.5 Å². The molecule has 0 saturated carbocycles. The zero-order valence-corrected chi connectivity index (χ0v) is 13.5. The van der Waals surface area contributed by atoms with Crippen LogP contribution < -0.4 is 20.1 Å². The molecule has 5 nitrogen and oxygen atoms in total. The minimum absolute atomic E-state index is 0.00954. The van der Waals surface area contributed by atoms with E-state index in [0.29, 0.717) is 36.6 Å². The highest BCUT2D eigenvalue weighted by Gasteiger charge is 2.05. The first-order valence-corrected chi connectivity index (χ1v) is 7.80. The van der Waals surface area contributed by atoms with E-state index in [1.807, 2.05) is 19.1 Å². The number of benzene rings is 2. The monoisotopic (exact) mass is 332 g/mol. The van der Waals surface area contributed by atoms with Crippen LogP contribution in [-0.4, -0.2) is 25.9 Å². The van der Waals surface area contributed by atoms with E-state index in [-0.39, 0.29) is 18.6 Å². The average Bonchev–Trinajstić information content (AvgIpc) is 2.58. The van der Waals surface area contributed by atoms with E-state index >= 15 is 0 Å². The number of nitrogens with one attached hydrogen (secondary N) is 2. The van der Waals surface area contributed by atoms with Gasteiger partial charge in [0.1, 0.15) is 5.82 Å². The molecule has 2 amide bonds. The molecule has 128 valence electrons. The lowest BCUT2D eigenvalue weighted by Gasteiger charge is -2.12. The Morgan fingerprint density at radius 3 is 2.38 bits per heavy atom. The molecule has 2 N–H and O–H groups in total. The lowest BCUT2D eigenvalue weighted by Crippen LogP contribution is -2.38. The maximum Gasteiger partial charge on any atom is 0.317 e. The maximum absolute atomic E-state index is 13.4. The predicted octanol–water partition coefficient (Wildman–Crippen LogP) is 3.10. The number of carbonyl (C=O) groups excluding carboxylic acids is 1. The molecule has 0 unspecified atom stereocenters. The van der Waals surface area contributed by atoms with Crippen molar-refractivity contribution in [1.29, 1.82) is 0 Å². The minimum atomic E-state index is -0.375. The second kappa shape index (κ2) is 9.39. The molecule has 0 aromatic heterocycles. The molecular formula is C18H21FN2O3. The van der Waals surface area contributed by atoms with E-state index in [1.54, 1.807) is 30.3 Å². The summed E-state index contributed by atoms with van der Waals surface area (Å²) in [6, 6.07) is 13.4. The molecule has 0 heterocycles. The molecule has 0 fully saturated rings. The van der Waals surface area contributed by atoms with E-state index in [0.717, 1.165) is 0 Å². The number of para-hydroxylation sites is 2. The molecule has 0 aliphatic heterocycles. The molecule has 0 spiro atoms. The number of halogens is 1. The van der Waals surface area contributed by atoms with Crippen LogP contribution in [0, 0.1) is 5.82 Å². The van der Waals surface area contributed by atoms with Crippen LogP contribution in [0.4, 0.5) is 9.18 Å². The largest absolute Gasteiger partial charge is 0.490 e. The Morgan fingerprint density at radius 1 is 1.00 bits per heavy atom. The second-order valence-corrected chi connectivity index (χ2v) is 4.94. The Bertz CT molecular complexity index is 664. The summed E-state index contributed by atoms with van der Waals surface area (Å²) < 4.78 is 24.4. The Balaban J connectivity index is 1.69. The van der Waals surface area contributed by atoms with Crippen molar-refractivity contribution in [2.24, 2.45) is 0 Å². The van der Waals surface area contributed by atoms with Crippen molar-refractivity contribution >= 4 is 6.03 Å². The summed E-state index contributed by atoms with van der Waals surface area (Å²) in [5.41, 5.74) is 0.569. The van der Waals surface area contributed by atoms with Crippen LogP contribution in [0.5, 0.6) is 11.5 Å². The third kappa shape index (κ3) is 5.46. The summed E-state index contributed by atoms with van der Waals surface area (Å²) in [5, 5.41) is 5.24. The molecule has 0 bridgehead atoms. The second-order valence-electron chi connectivity index (χ2n) is 4.94. The van der Waals surface area contributed by atoms with E-state index < -0.39 is 0 Å². The quantitative estimate of drug-likeness (QED) is 0.730. The fourth-order valence-electron chi connectivity index (χ4n) is 2.10. The molecule has 0 atom stereocenters. The van der Waals surface area contributed by atoms with E-state index in [1.165, 1.54) is 6.07 Å². The van der Waals surface area contributed by atoms with Crippen LogP contribution in [-0.2, 0) is 6.42 Å². The van der Waals surface area contributed by atoms with Crippen molar-refractivity contribution < 1.29 is 18.7 Å². The van der Waals surface area contributed by atoms with Crippen molar-refractivity contribution in [3.05, 3.63) is 59.9 Å². The third-order valence-corrected chi connectivity index (χ3v) is 3.25. The smallest absolute Gasteiger partial charge is 0.317 e. The van der Waals surface area contributed by atoms with Crippen molar-refractivity contribution in [3.8, 4) is 11.5 Å². The number of hydrogen-bond donors (Lipinski definition) is 2. The number of urea groups is 1. The zero-order valence-electron chi connectivity index (χ0n) is 13.5. The number of rotatable bonds is 8. The molecule has 0 radical (unpaired) electrons. The van der Waals surface area contributed by atoms with Crippen molar-refractivity contribution in [3.63, 3.8) is 0 Å². The lowest BCUT2D eigenvalue weighted by molar-refractivity contribution is 0.220. The average molecular weight is 332 g/mol. The van der Waals surface area contributed by atoms with E-state index in [9.17, 15) is 9.18 Å². The molecule has 0 aliphatic rings. The van der Waals surface area contributed by atoms with Crippen LogP contribution in [0.2, 0.25) is 0 Å². The Kier molecular flexibility index (Phi) is 6.89. The normalized spacial score (nSPS) is 10.1. The highest BCUT2D eigenvalue weighted by Crippen LogP contribution is 2.25. The summed E-state index contributed by atoms with van der Waals surface area (Å²) in [6.07, 6.45) is 0.425. The minimum Gasteiger partial charge on any atom is -0.490 e. The fourth-order valence-corrected chi connectivity index (χ4v) is 2.10. The Morgan fingerprint density at radius 2 is 1.67 bits per heavy atom. The SMILES string of the molecule is CCOc1ccccc1OCNC(=O)NCCc1ccccc1F. The van der Waals surface area contributed by atoms with Crippen LogP contribution in [0.15, 0.2) is 48.5 Å². The van der Waals surface area contributed by atoms with Crippen LogP contribution in [0.3, 0.4) is 0 Å². The van der Waals surface area contributed by atoms with Gasteiger partial charge in [0.15, 0.2) is 18.2 Å². The van der Waals surface area contributed by atoms with Gasteiger partial charge in [-0.1, -0.05) is 30.3 Å². The molecule has 24 heavy (non-hydrogen) atoms. The molecule has 6 heteroatoms. The van der Waals surface area contributed by atoms with Crippen molar-refractivity contribution in [2.45, 2.75) is 13.3 Å². The summed E-state index contributed by atoms with van der Waals surface area (Å²) in [6.45, 7) is 2.76. The highest BCUT2D eigenvalue weighted by molar-refractivity contribution is 5.73. The molecule has 0 aliphatic carbocycles. The summed E-state index contributed by atoms with van der Waals surface area (Å²) in [5.74, 6) is 0.920. The summed E-state index contributed by atoms with van der Waals surface area (Å²) >= 11 is 0. The van der Waals surface area contributed by atoms with Gasteiger partial charge in [0.05, 0.1) is 6.61 Å². The van der Waals surface area contributed by atoms with Crippen molar-refractivity contribution in [2.75, 3.05) is 19.9 Å². The number of carbonyl (C=O) groups is 1. The molecule has 0 saturated heterocycles. The molecule has 2 aromatic rings. The van der Waals surface area contributed by atoms with Crippen molar-refractivity contribution in [1.82, 2.24) is 10.6 Å². The van der Waals surface area contributed by atoms with Gasteiger partial charge in [-0.25, -0.2) is 9.18 Å². The summed E-state index contributed by atoms with van der Waals surface area (Å²) in [7, 11) is 0. The Hall–Kier alpha value is -2.76. The van der Waals surface area contributed by atoms with Gasteiger partial charge in [0.2, 0.25) is 0 Å². The molecule has 2 rings (SSSR count). The first-order valence-electron chi connectivity index (χ1n) is 7.80. The molecular weight excluding hydrogens is 311 g/mol. The zero-order chi connectivity index (χ0) is 17.2. The molecule has 2 aromatic carbocycles. The number of hydrogen-bond acceptors (Lipinski definition) is 3. The van der Waals surface area contributed by atoms with Gasteiger partial charge in [-0.2, -0.15) is 0 Å². The maximum atomic E-state index is 13.4. The number of amides is 2. The van der Waals surface area contributed by atoms with E-state index in [4.69, 9.17) is 9.47 Å². The first kappa shape index (κ1) is 17.6. The first-order chi connectivity index (χ1) is 11.7. The Labute approximate surface area is 140 Å². The van der Waals surface area contributed by atoms with Gasteiger partial charge >= 0.3 is 6.03 Å². The van der Waals surface area contributed by atoms with E-state index in [2.05, 4.69) is 10.6 Å². The lowest BCUT2D eigenvalue weighted by atomic mass is 10.1. The third-order valence-electron chi connectivity index (χ3n) is 3.25. The van der Waals surface area contributed by atoms with Gasteiger partial charge in [-0.3, -0.25) is 0 Å². The fraction of sp³-hybridized carbons (Fsp3) is 0.278. The summed E-state index contributed by atoms with van der Waals surface area (Å²) in [4.78, 5) is 11.7.